The molecule has 0 aliphatic heterocycles. The summed E-state index contributed by atoms with van der Waals surface area (Å²) in [6, 6.07) is 4.35. The first-order chi connectivity index (χ1) is 6.83. The largest absolute Gasteiger partial charge is 0.491 e. The van der Waals surface area contributed by atoms with E-state index in [0.717, 1.165) is 18.7 Å². The van der Waals surface area contributed by atoms with Crippen molar-refractivity contribution in [3.8, 4) is 5.75 Å². The predicted octanol–water partition coefficient (Wildman–Crippen LogP) is 1.85. The lowest BCUT2D eigenvalue weighted by molar-refractivity contribution is 0.305. The Labute approximate surface area is 85.5 Å². The summed E-state index contributed by atoms with van der Waals surface area (Å²) in [6.07, 6.45) is 4.61. The van der Waals surface area contributed by atoms with Gasteiger partial charge in [-0.25, -0.2) is 0 Å². The van der Waals surface area contributed by atoms with Gasteiger partial charge in [-0.2, -0.15) is 0 Å². The highest BCUT2D eigenvalue weighted by molar-refractivity contribution is 5.15. The van der Waals surface area contributed by atoms with Crippen LogP contribution in [0.15, 0.2) is 24.5 Å². The van der Waals surface area contributed by atoms with Gasteiger partial charge in [-0.1, -0.05) is 6.92 Å². The molecule has 0 saturated heterocycles. The summed E-state index contributed by atoms with van der Waals surface area (Å²) < 4.78 is 5.48. The normalized spacial score (nSPS) is 12.4. The summed E-state index contributed by atoms with van der Waals surface area (Å²) in [7, 11) is 0. The number of aromatic nitrogens is 1. The second-order valence-corrected chi connectivity index (χ2v) is 3.30. The van der Waals surface area contributed by atoms with E-state index in [4.69, 9.17) is 4.74 Å². The number of pyridine rings is 1. The molecule has 0 aromatic carbocycles. The van der Waals surface area contributed by atoms with E-state index in [1.54, 1.807) is 12.4 Å². The van der Waals surface area contributed by atoms with Crippen molar-refractivity contribution in [3.63, 3.8) is 0 Å². The van der Waals surface area contributed by atoms with Crippen LogP contribution in [0.25, 0.3) is 0 Å². The van der Waals surface area contributed by atoms with Crippen molar-refractivity contribution in [3.05, 3.63) is 24.5 Å². The zero-order valence-electron chi connectivity index (χ0n) is 8.86. The monoisotopic (exact) mass is 194 g/mol. The van der Waals surface area contributed by atoms with Gasteiger partial charge in [-0.3, -0.25) is 4.98 Å². The maximum absolute atomic E-state index is 5.48. The van der Waals surface area contributed by atoms with Crippen LogP contribution >= 0.6 is 0 Å². The van der Waals surface area contributed by atoms with E-state index in [1.165, 1.54) is 0 Å². The summed E-state index contributed by atoms with van der Waals surface area (Å²) in [5, 5.41) is 3.36. The fourth-order valence-electron chi connectivity index (χ4n) is 1.05. The molecular weight excluding hydrogens is 176 g/mol. The van der Waals surface area contributed by atoms with Crippen molar-refractivity contribution < 1.29 is 4.74 Å². The maximum atomic E-state index is 5.48. The van der Waals surface area contributed by atoms with Gasteiger partial charge in [0.15, 0.2) is 0 Å². The Morgan fingerprint density at radius 2 is 2.43 bits per heavy atom. The molecule has 1 atom stereocenters. The van der Waals surface area contributed by atoms with Crippen molar-refractivity contribution in [2.24, 2.45) is 0 Å². The molecule has 3 nitrogen and oxygen atoms in total. The van der Waals surface area contributed by atoms with Crippen LogP contribution in [-0.2, 0) is 0 Å². The van der Waals surface area contributed by atoms with Crippen molar-refractivity contribution in [1.29, 1.82) is 0 Å². The van der Waals surface area contributed by atoms with Gasteiger partial charge in [0, 0.05) is 18.8 Å². The Balaban J connectivity index is 2.10. The topological polar surface area (TPSA) is 34.1 Å². The highest BCUT2D eigenvalue weighted by Gasteiger charge is 1.96. The minimum atomic E-state index is 0.562. The van der Waals surface area contributed by atoms with E-state index >= 15 is 0 Å². The molecule has 0 aliphatic carbocycles. The molecule has 0 saturated carbocycles. The van der Waals surface area contributed by atoms with Crippen LogP contribution in [-0.4, -0.2) is 24.2 Å². The molecule has 78 valence electrons. The third-order valence-corrected chi connectivity index (χ3v) is 2.11. The summed E-state index contributed by atoms with van der Waals surface area (Å²) in [4.78, 5) is 3.97. The lowest BCUT2D eigenvalue weighted by Crippen LogP contribution is -2.29. The molecule has 1 heterocycles. The smallest absolute Gasteiger partial charge is 0.137 e. The number of nitrogens with zero attached hydrogens (tertiary/aromatic N) is 1. The third-order valence-electron chi connectivity index (χ3n) is 2.11. The van der Waals surface area contributed by atoms with E-state index in [0.29, 0.717) is 12.6 Å². The van der Waals surface area contributed by atoms with E-state index in [9.17, 15) is 0 Å². The van der Waals surface area contributed by atoms with Crippen molar-refractivity contribution in [2.45, 2.75) is 26.3 Å². The Morgan fingerprint density at radius 1 is 1.57 bits per heavy atom. The first kappa shape index (κ1) is 11.0. The highest BCUT2D eigenvalue weighted by atomic mass is 16.5. The third kappa shape index (κ3) is 4.23. The Kier molecular flexibility index (Phi) is 5.00. The first-order valence-corrected chi connectivity index (χ1v) is 5.09. The molecule has 1 N–H and O–H groups in total. The highest BCUT2D eigenvalue weighted by Crippen LogP contribution is 2.04. The molecule has 3 heteroatoms. The Hall–Kier alpha value is -1.09. The van der Waals surface area contributed by atoms with Gasteiger partial charge in [0.2, 0.25) is 0 Å². The lowest BCUT2D eigenvalue weighted by atomic mass is 10.3. The van der Waals surface area contributed by atoms with Crippen LogP contribution in [0.4, 0.5) is 0 Å². The molecule has 0 spiro atoms. The average molecular weight is 194 g/mol. The molecule has 14 heavy (non-hydrogen) atoms. The average Bonchev–Trinajstić information content (AvgIpc) is 2.25. The number of hydrogen-bond donors (Lipinski definition) is 1. The predicted molar refractivity (Wildman–Crippen MR) is 57.5 cm³/mol. The number of nitrogens with one attached hydrogen (secondary N) is 1. The van der Waals surface area contributed by atoms with Gasteiger partial charge < -0.3 is 10.1 Å². The molecule has 0 fully saturated rings. The number of hydrogen-bond acceptors (Lipinski definition) is 3. The van der Waals surface area contributed by atoms with Crippen LogP contribution < -0.4 is 10.1 Å². The molecule has 0 radical (unpaired) electrons. The summed E-state index contributed by atoms with van der Waals surface area (Å²) >= 11 is 0. The summed E-state index contributed by atoms with van der Waals surface area (Å²) in [5.74, 6) is 0.832. The Morgan fingerprint density at radius 3 is 3.07 bits per heavy atom. The summed E-state index contributed by atoms with van der Waals surface area (Å²) in [5.41, 5.74) is 0. The summed E-state index contributed by atoms with van der Waals surface area (Å²) in [6.45, 7) is 5.91. The second-order valence-electron chi connectivity index (χ2n) is 3.30. The molecule has 1 unspecified atom stereocenters. The van der Waals surface area contributed by atoms with Crippen LogP contribution in [0.2, 0.25) is 0 Å². The zero-order valence-corrected chi connectivity index (χ0v) is 8.86. The lowest BCUT2D eigenvalue weighted by Gasteiger charge is -2.11. The van der Waals surface area contributed by atoms with Crippen molar-refractivity contribution in [1.82, 2.24) is 10.3 Å². The SMILES string of the molecule is CCC(C)NCCOc1cccnc1. The van der Waals surface area contributed by atoms with E-state index < -0.39 is 0 Å². The van der Waals surface area contributed by atoms with Gasteiger partial charge >= 0.3 is 0 Å². The molecule has 0 bridgehead atoms. The molecular formula is C11H18N2O. The quantitative estimate of drug-likeness (QED) is 0.702. The first-order valence-electron chi connectivity index (χ1n) is 5.09. The van der Waals surface area contributed by atoms with E-state index in [-0.39, 0.29) is 0 Å². The molecule has 0 amide bonds. The van der Waals surface area contributed by atoms with Crippen molar-refractivity contribution in [2.75, 3.05) is 13.2 Å². The number of rotatable bonds is 6. The minimum absolute atomic E-state index is 0.562. The molecule has 1 rings (SSSR count). The van der Waals surface area contributed by atoms with Crippen LogP contribution in [0.1, 0.15) is 20.3 Å². The van der Waals surface area contributed by atoms with Crippen LogP contribution in [0, 0.1) is 0 Å². The Bertz CT molecular complexity index is 238. The van der Waals surface area contributed by atoms with Crippen LogP contribution in [0.5, 0.6) is 5.75 Å². The zero-order chi connectivity index (χ0) is 10.2. The van der Waals surface area contributed by atoms with Gasteiger partial charge in [0.25, 0.3) is 0 Å². The van der Waals surface area contributed by atoms with Gasteiger partial charge in [0.1, 0.15) is 12.4 Å². The van der Waals surface area contributed by atoms with Crippen LogP contribution in [0.3, 0.4) is 0 Å². The molecule has 1 aromatic heterocycles. The molecule has 0 aliphatic rings. The van der Waals surface area contributed by atoms with E-state index in [2.05, 4.69) is 24.1 Å². The van der Waals surface area contributed by atoms with E-state index in [1.807, 2.05) is 12.1 Å². The minimum Gasteiger partial charge on any atom is -0.491 e. The second kappa shape index (κ2) is 6.38. The standard InChI is InChI=1S/C11H18N2O/c1-3-10(2)13-7-8-14-11-5-4-6-12-9-11/h4-6,9-10,13H,3,7-8H2,1-2H3. The van der Waals surface area contributed by atoms with Gasteiger partial charge in [-0.15, -0.1) is 0 Å². The number of ether oxygens (including phenoxy) is 1. The van der Waals surface area contributed by atoms with Crippen molar-refractivity contribution >= 4 is 0 Å². The maximum Gasteiger partial charge on any atom is 0.137 e. The fourth-order valence-corrected chi connectivity index (χ4v) is 1.05. The fraction of sp³-hybridized carbons (Fsp3) is 0.545. The van der Waals surface area contributed by atoms with Gasteiger partial charge in [0.05, 0.1) is 6.20 Å². The van der Waals surface area contributed by atoms with Gasteiger partial charge in [-0.05, 0) is 25.5 Å². The molecule has 1 aromatic rings.